The number of aromatic nitrogens is 3. The Kier molecular flexibility index (Phi) is 8.88. The lowest BCUT2D eigenvalue weighted by Crippen LogP contribution is -2.49. The Labute approximate surface area is 242 Å². The second kappa shape index (κ2) is 13.3. The molecule has 5 aromatic rings. The van der Waals surface area contributed by atoms with Gasteiger partial charge in [0.15, 0.2) is 5.82 Å². The van der Waals surface area contributed by atoms with Crippen molar-refractivity contribution in [2.45, 2.75) is 18.9 Å². The molecule has 0 spiro atoms. The zero-order valence-corrected chi connectivity index (χ0v) is 22.6. The normalized spacial score (nSPS) is 11.5. The Hall–Kier alpha value is -5.44. The van der Waals surface area contributed by atoms with Crippen molar-refractivity contribution in [3.05, 3.63) is 138 Å². The van der Waals surface area contributed by atoms with E-state index in [4.69, 9.17) is 0 Å². The van der Waals surface area contributed by atoms with Crippen LogP contribution in [0.4, 0.5) is 4.39 Å². The maximum atomic E-state index is 13.6. The number of nitrogens with one attached hydrogen (secondary N) is 2. The monoisotopic (exact) mass is 561 g/mol. The Morgan fingerprint density at radius 3 is 2.21 bits per heavy atom. The van der Waals surface area contributed by atoms with E-state index in [-0.39, 0.29) is 30.2 Å². The number of hydrogen-bond donors (Lipinski definition) is 2. The smallest absolute Gasteiger partial charge is 0.289 e. The van der Waals surface area contributed by atoms with Crippen LogP contribution < -0.4 is 10.6 Å². The van der Waals surface area contributed by atoms with E-state index in [1.54, 1.807) is 36.5 Å². The van der Waals surface area contributed by atoms with Crippen molar-refractivity contribution in [2.24, 2.45) is 0 Å². The number of rotatable bonds is 11. The molecule has 0 radical (unpaired) electrons. The average Bonchev–Trinajstić information content (AvgIpc) is 3.52. The number of benzene rings is 3. The van der Waals surface area contributed by atoms with E-state index in [0.29, 0.717) is 17.7 Å². The molecule has 1 atom stereocenters. The molecule has 2 amide bonds. The fraction of sp³-hybridized carbons (Fsp3) is 0.121. The summed E-state index contributed by atoms with van der Waals surface area (Å²) in [5, 5.41) is 9.95. The molecule has 2 aromatic heterocycles. The summed E-state index contributed by atoms with van der Waals surface area (Å²) in [7, 11) is 0. The van der Waals surface area contributed by atoms with Gasteiger partial charge < -0.3 is 10.6 Å². The van der Waals surface area contributed by atoms with E-state index in [1.807, 2.05) is 60.7 Å². The molecule has 0 aliphatic heterocycles. The zero-order chi connectivity index (χ0) is 29.3. The van der Waals surface area contributed by atoms with Gasteiger partial charge in [-0.15, -0.1) is 0 Å². The molecule has 8 nitrogen and oxygen atoms in total. The number of ketones is 1. The number of hydrogen-bond acceptors (Lipinski definition) is 5. The molecule has 5 rings (SSSR count). The SMILES string of the molecule is O=C(NCCc1ccccc1)C(=O)[C@@H](Cc1ccccc1)NC(=O)c1cccnc1-n1ccc(-c2ccc(F)cc2)n1. The molecule has 0 bridgehead atoms. The third-order valence-corrected chi connectivity index (χ3v) is 6.65. The third-order valence-electron chi connectivity index (χ3n) is 6.65. The van der Waals surface area contributed by atoms with Crippen LogP contribution in [0.2, 0.25) is 0 Å². The molecule has 210 valence electrons. The summed E-state index contributed by atoms with van der Waals surface area (Å²) in [6.07, 6.45) is 3.87. The van der Waals surface area contributed by atoms with Gasteiger partial charge in [-0.2, -0.15) is 5.10 Å². The third kappa shape index (κ3) is 7.00. The highest BCUT2D eigenvalue weighted by Gasteiger charge is 2.28. The van der Waals surface area contributed by atoms with E-state index in [0.717, 1.165) is 11.1 Å². The predicted octanol–water partition coefficient (Wildman–Crippen LogP) is 4.34. The number of halogens is 1. The van der Waals surface area contributed by atoms with Gasteiger partial charge in [0.05, 0.1) is 11.3 Å². The topological polar surface area (TPSA) is 106 Å². The summed E-state index contributed by atoms with van der Waals surface area (Å²) in [6.45, 7) is 0.281. The van der Waals surface area contributed by atoms with E-state index in [1.165, 1.54) is 23.0 Å². The quantitative estimate of drug-likeness (QED) is 0.234. The van der Waals surface area contributed by atoms with Crippen molar-refractivity contribution in [3.8, 4) is 17.1 Å². The maximum absolute atomic E-state index is 13.6. The summed E-state index contributed by atoms with van der Waals surface area (Å²) in [5.74, 6) is -2.21. The molecule has 2 N–H and O–H groups in total. The van der Waals surface area contributed by atoms with Crippen LogP contribution >= 0.6 is 0 Å². The lowest BCUT2D eigenvalue weighted by Gasteiger charge is -2.18. The minimum atomic E-state index is -1.11. The van der Waals surface area contributed by atoms with Crippen LogP contribution in [0.15, 0.2) is 116 Å². The van der Waals surface area contributed by atoms with Gasteiger partial charge >= 0.3 is 0 Å². The van der Waals surface area contributed by atoms with Crippen LogP contribution in [0.5, 0.6) is 0 Å². The Bertz CT molecular complexity index is 1670. The first-order valence-electron chi connectivity index (χ1n) is 13.5. The van der Waals surface area contributed by atoms with Crippen LogP contribution in [-0.4, -0.2) is 44.9 Å². The minimum Gasteiger partial charge on any atom is -0.349 e. The molecule has 0 unspecified atom stereocenters. The van der Waals surface area contributed by atoms with Crippen molar-refractivity contribution >= 4 is 17.6 Å². The average molecular weight is 562 g/mol. The summed E-state index contributed by atoms with van der Waals surface area (Å²) >= 11 is 0. The lowest BCUT2D eigenvalue weighted by atomic mass is 10.0. The van der Waals surface area contributed by atoms with Gasteiger partial charge in [0.1, 0.15) is 11.9 Å². The van der Waals surface area contributed by atoms with Crippen molar-refractivity contribution in [3.63, 3.8) is 0 Å². The zero-order valence-electron chi connectivity index (χ0n) is 22.6. The highest BCUT2D eigenvalue weighted by molar-refractivity contribution is 6.38. The summed E-state index contributed by atoms with van der Waals surface area (Å²) in [5.41, 5.74) is 3.25. The largest absolute Gasteiger partial charge is 0.349 e. The Balaban J connectivity index is 1.34. The number of carbonyl (C=O) groups is 3. The first-order valence-corrected chi connectivity index (χ1v) is 13.5. The molecule has 42 heavy (non-hydrogen) atoms. The van der Waals surface area contributed by atoms with Gasteiger partial charge in [0.25, 0.3) is 11.8 Å². The minimum absolute atomic E-state index is 0.129. The fourth-order valence-electron chi connectivity index (χ4n) is 4.48. The number of pyridine rings is 1. The van der Waals surface area contributed by atoms with Gasteiger partial charge in [-0.25, -0.2) is 14.1 Å². The van der Waals surface area contributed by atoms with Crippen LogP contribution in [-0.2, 0) is 22.4 Å². The number of amides is 2. The Morgan fingerprint density at radius 2 is 1.50 bits per heavy atom. The molecular formula is C33H28FN5O3. The second-order valence-electron chi connectivity index (χ2n) is 9.60. The van der Waals surface area contributed by atoms with Crippen LogP contribution in [0.3, 0.4) is 0 Å². The summed E-state index contributed by atoms with van der Waals surface area (Å²) < 4.78 is 14.8. The van der Waals surface area contributed by atoms with E-state index in [9.17, 15) is 18.8 Å². The molecule has 0 fully saturated rings. The van der Waals surface area contributed by atoms with Crippen molar-refractivity contribution in [2.75, 3.05) is 6.54 Å². The highest BCUT2D eigenvalue weighted by Crippen LogP contribution is 2.20. The van der Waals surface area contributed by atoms with Crippen LogP contribution in [0.25, 0.3) is 17.1 Å². The Morgan fingerprint density at radius 1 is 0.810 bits per heavy atom. The molecule has 0 saturated heterocycles. The summed E-state index contributed by atoms with van der Waals surface area (Å²) in [6, 6.07) is 28.5. The maximum Gasteiger partial charge on any atom is 0.289 e. The van der Waals surface area contributed by atoms with Gasteiger partial charge in [-0.05, 0) is 60.0 Å². The number of carbonyl (C=O) groups excluding carboxylic acids is 3. The molecule has 3 aromatic carbocycles. The van der Waals surface area contributed by atoms with Gasteiger partial charge in [-0.1, -0.05) is 60.7 Å². The molecule has 0 aliphatic rings. The first kappa shape index (κ1) is 28.1. The van der Waals surface area contributed by atoms with Crippen molar-refractivity contribution < 1.29 is 18.8 Å². The van der Waals surface area contributed by atoms with Gasteiger partial charge in [-0.3, -0.25) is 14.4 Å². The van der Waals surface area contributed by atoms with E-state index in [2.05, 4.69) is 20.7 Å². The summed E-state index contributed by atoms with van der Waals surface area (Å²) in [4.78, 5) is 44.1. The standard InChI is InChI=1S/C33H28FN5O3/c34-26-15-13-25(14-16-26)28-18-21-39(38-28)31-27(12-7-19-35-31)32(41)37-29(22-24-10-5-2-6-11-24)30(40)33(42)36-20-17-23-8-3-1-4-9-23/h1-16,18-19,21,29H,17,20,22H2,(H,36,42)(H,37,41)/t29-/m1/s1. The number of nitrogens with zero attached hydrogens (tertiary/aromatic N) is 3. The first-order chi connectivity index (χ1) is 20.5. The second-order valence-corrected chi connectivity index (χ2v) is 9.60. The van der Waals surface area contributed by atoms with Crippen LogP contribution in [0.1, 0.15) is 21.5 Å². The highest BCUT2D eigenvalue weighted by atomic mass is 19.1. The van der Waals surface area contributed by atoms with Crippen molar-refractivity contribution in [1.82, 2.24) is 25.4 Å². The molecular weight excluding hydrogens is 533 g/mol. The molecule has 9 heteroatoms. The van der Waals surface area contributed by atoms with E-state index >= 15 is 0 Å². The van der Waals surface area contributed by atoms with Crippen LogP contribution in [0, 0.1) is 5.82 Å². The molecule has 0 aliphatic carbocycles. The molecule has 0 saturated carbocycles. The van der Waals surface area contributed by atoms with Gasteiger partial charge in [0, 0.05) is 30.9 Å². The fourth-order valence-corrected chi connectivity index (χ4v) is 4.48. The van der Waals surface area contributed by atoms with Crippen molar-refractivity contribution in [1.29, 1.82) is 0 Å². The van der Waals surface area contributed by atoms with E-state index < -0.39 is 23.6 Å². The number of Topliss-reactive ketones (excluding diaryl/α,β-unsaturated/α-hetero) is 1. The predicted molar refractivity (Wildman–Crippen MR) is 156 cm³/mol. The molecule has 2 heterocycles. The lowest BCUT2D eigenvalue weighted by molar-refractivity contribution is -0.138. The van der Waals surface area contributed by atoms with Gasteiger partial charge in [0.2, 0.25) is 5.78 Å².